The number of nitrogens with two attached hydrogens (primary N) is 1. The zero-order valence-corrected chi connectivity index (χ0v) is 11.1. The summed E-state index contributed by atoms with van der Waals surface area (Å²) < 4.78 is 40.0. The van der Waals surface area contributed by atoms with Gasteiger partial charge < -0.3 is 10.5 Å². The number of hydrogen-bond donors (Lipinski definition) is 1. The molecule has 0 amide bonds. The van der Waals surface area contributed by atoms with Gasteiger partial charge in [0.2, 0.25) is 0 Å². The number of para-hydroxylation sites is 1. The maximum Gasteiger partial charge on any atom is 0.573 e. The van der Waals surface area contributed by atoms with E-state index >= 15 is 0 Å². The predicted molar refractivity (Wildman–Crippen MR) is 72.3 cm³/mol. The third kappa shape index (κ3) is 3.73. The van der Waals surface area contributed by atoms with E-state index in [2.05, 4.69) is 4.74 Å². The van der Waals surface area contributed by atoms with Crippen molar-refractivity contribution < 1.29 is 22.8 Å². The number of nitrogens with zero attached hydrogens (tertiary/aromatic N) is 1. The minimum Gasteiger partial charge on any atom is -0.406 e. The van der Waals surface area contributed by atoms with E-state index < -0.39 is 17.3 Å². The monoisotopic (exact) mass is 312 g/mol. The van der Waals surface area contributed by atoms with Gasteiger partial charge in [-0.1, -0.05) is 30.3 Å². The van der Waals surface area contributed by atoms with E-state index in [0.717, 1.165) is 12.1 Å². The van der Waals surface area contributed by atoms with Gasteiger partial charge in [0.15, 0.2) is 0 Å². The Balaban J connectivity index is 2.27. The van der Waals surface area contributed by atoms with Gasteiger partial charge in [0.25, 0.3) is 5.69 Å². The molecule has 0 aliphatic carbocycles. The van der Waals surface area contributed by atoms with Gasteiger partial charge in [-0.3, -0.25) is 10.1 Å². The Morgan fingerprint density at radius 2 is 1.68 bits per heavy atom. The second-order valence-electron chi connectivity index (χ2n) is 4.41. The van der Waals surface area contributed by atoms with Gasteiger partial charge in [-0.05, 0) is 17.7 Å². The van der Waals surface area contributed by atoms with E-state index in [1.54, 1.807) is 6.07 Å². The molecule has 0 aromatic heterocycles. The van der Waals surface area contributed by atoms with Crippen molar-refractivity contribution in [2.75, 3.05) is 0 Å². The zero-order chi connectivity index (χ0) is 16.3. The number of hydrogen-bond acceptors (Lipinski definition) is 4. The summed E-state index contributed by atoms with van der Waals surface area (Å²) in [5, 5.41) is 11.0. The van der Waals surface area contributed by atoms with Crippen molar-refractivity contribution >= 4 is 5.69 Å². The predicted octanol–water partition coefficient (Wildman–Crippen LogP) is 3.54. The first-order valence-electron chi connectivity index (χ1n) is 6.12. The fraction of sp³-hybridized carbons (Fsp3) is 0.143. The normalized spacial score (nSPS) is 12.7. The third-order valence-electron chi connectivity index (χ3n) is 2.94. The molecule has 0 spiro atoms. The smallest absolute Gasteiger partial charge is 0.406 e. The van der Waals surface area contributed by atoms with Crippen molar-refractivity contribution in [3.63, 3.8) is 0 Å². The molecule has 0 radical (unpaired) electrons. The van der Waals surface area contributed by atoms with Gasteiger partial charge in [-0.25, -0.2) is 0 Å². The lowest BCUT2D eigenvalue weighted by molar-refractivity contribution is -0.385. The summed E-state index contributed by atoms with van der Waals surface area (Å²) in [6.45, 7) is 0. The van der Waals surface area contributed by atoms with Crippen molar-refractivity contribution in [3.05, 3.63) is 69.8 Å². The van der Waals surface area contributed by atoms with E-state index in [1.807, 2.05) is 0 Å². The highest BCUT2D eigenvalue weighted by Gasteiger charge is 2.31. The summed E-state index contributed by atoms with van der Waals surface area (Å²) in [5.74, 6) is -0.383. The number of nitro benzene ring substituents is 1. The van der Waals surface area contributed by atoms with Crippen LogP contribution in [-0.2, 0) is 0 Å². The van der Waals surface area contributed by atoms with Crippen molar-refractivity contribution in [3.8, 4) is 5.75 Å². The average Bonchev–Trinajstić information content (AvgIpc) is 2.45. The summed E-state index contributed by atoms with van der Waals surface area (Å²) in [7, 11) is 0. The number of nitro groups is 1. The zero-order valence-electron chi connectivity index (χ0n) is 11.1. The molecule has 1 atom stereocenters. The van der Waals surface area contributed by atoms with Crippen molar-refractivity contribution in [2.45, 2.75) is 12.4 Å². The Kier molecular flexibility index (Phi) is 4.32. The van der Waals surface area contributed by atoms with Gasteiger partial charge in [0.1, 0.15) is 5.75 Å². The minimum absolute atomic E-state index is 0.148. The summed E-state index contributed by atoms with van der Waals surface area (Å²) in [4.78, 5) is 10.4. The van der Waals surface area contributed by atoms with Crippen LogP contribution in [0.15, 0.2) is 48.5 Å². The van der Waals surface area contributed by atoms with Crippen LogP contribution in [0.25, 0.3) is 0 Å². The Hall–Kier alpha value is -2.61. The van der Waals surface area contributed by atoms with E-state index in [9.17, 15) is 23.3 Å². The highest BCUT2D eigenvalue weighted by molar-refractivity contribution is 5.46. The fourth-order valence-electron chi connectivity index (χ4n) is 1.97. The number of halogens is 3. The molecule has 22 heavy (non-hydrogen) atoms. The molecular formula is C14H11F3N2O3. The van der Waals surface area contributed by atoms with Gasteiger partial charge in [-0.2, -0.15) is 0 Å². The number of alkyl halides is 3. The molecule has 5 nitrogen and oxygen atoms in total. The molecule has 0 unspecified atom stereocenters. The molecule has 116 valence electrons. The average molecular weight is 312 g/mol. The molecule has 0 saturated carbocycles. The molecule has 0 saturated heterocycles. The van der Waals surface area contributed by atoms with Crippen LogP contribution in [0.2, 0.25) is 0 Å². The van der Waals surface area contributed by atoms with E-state index in [4.69, 9.17) is 5.73 Å². The van der Waals surface area contributed by atoms with Crippen LogP contribution in [0.4, 0.5) is 18.9 Å². The van der Waals surface area contributed by atoms with Crippen LogP contribution in [0, 0.1) is 10.1 Å². The van der Waals surface area contributed by atoms with E-state index in [-0.39, 0.29) is 17.0 Å². The Morgan fingerprint density at radius 3 is 2.23 bits per heavy atom. The summed E-state index contributed by atoms with van der Waals surface area (Å²) in [5.41, 5.74) is 6.53. The van der Waals surface area contributed by atoms with E-state index in [1.165, 1.54) is 30.3 Å². The van der Waals surface area contributed by atoms with Crippen LogP contribution >= 0.6 is 0 Å². The first-order chi connectivity index (χ1) is 10.3. The van der Waals surface area contributed by atoms with Crippen molar-refractivity contribution in [2.24, 2.45) is 5.73 Å². The van der Waals surface area contributed by atoms with Crippen LogP contribution in [-0.4, -0.2) is 11.3 Å². The van der Waals surface area contributed by atoms with Crippen LogP contribution in [0.3, 0.4) is 0 Å². The lowest BCUT2D eigenvalue weighted by Crippen LogP contribution is -2.17. The molecule has 2 rings (SSSR count). The molecular weight excluding hydrogens is 301 g/mol. The molecule has 0 aliphatic heterocycles. The lowest BCUT2D eigenvalue weighted by atomic mass is 9.98. The maximum absolute atomic E-state index is 12.1. The SMILES string of the molecule is N[C@H](c1ccc(OC(F)(F)F)cc1)c1ccccc1[N+](=O)[O-]. The molecule has 0 bridgehead atoms. The van der Waals surface area contributed by atoms with Crippen molar-refractivity contribution in [1.29, 1.82) is 0 Å². The van der Waals surface area contributed by atoms with Gasteiger partial charge in [-0.15, -0.1) is 13.2 Å². The lowest BCUT2D eigenvalue weighted by Gasteiger charge is -2.14. The van der Waals surface area contributed by atoms with Crippen LogP contribution in [0.5, 0.6) is 5.75 Å². The van der Waals surface area contributed by atoms with Crippen LogP contribution in [0.1, 0.15) is 17.2 Å². The van der Waals surface area contributed by atoms with Crippen LogP contribution < -0.4 is 10.5 Å². The summed E-state index contributed by atoms with van der Waals surface area (Å²) in [6, 6.07) is 9.98. The number of ether oxygens (including phenoxy) is 1. The second kappa shape index (κ2) is 6.02. The number of rotatable bonds is 4. The largest absolute Gasteiger partial charge is 0.573 e. The molecule has 0 aliphatic rings. The first-order valence-corrected chi connectivity index (χ1v) is 6.12. The summed E-state index contributed by atoms with van der Waals surface area (Å²) in [6.07, 6.45) is -4.78. The maximum atomic E-state index is 12.1. The highest BCUT2D eigenvalue weighted by Crippen LogP contribution is 2.30. The van der Waals surface area contributed by atoms with Crippen molar-refractivity contribution in [1.82, 2.24) is 0 Å². The fourth-order valence-corrected chi connectivity index (χ4v) is 1.97. The molecule has 2 aromatic carbocycles. The molecule has 2 aromatic rings. The Morgan fingerprint density at radius 1 is 1.09 bits per heavy atom. The summed E-state index contributed by atoms with van der Waals surface area (Å²) >= 11 is 0. The Bertz CT molecular complexity index is 672. The second-order valence-corrected chi connectivity index (χ2v) is 4.41. The van der Waals surface area contributed by atoms with Gasteiger partial charge >= 0.3 is 6.36 Å². The highest BCUT2D eigenvalue weighted by atomic mass is 19.4. The van der Waals surface area contributed by atoms with Gasteiger partial charge in [0.05, 0.1) is 16.5 Å². The quantitative estimate of drug-likeness (QED) is 0.692. The van der Waals surface area contributed by atoms with E-state index in [0.29, 0.717) is 5.56 Å². The first kappa shape index (κ1) is 15.8. The minimum atomic E-state index is -4.78. The number of benzene rings is 2. The molecule has 0 heterocycles. The topological polar surface area (TPSA) is 78.4 Å². The molecule has 0 fully saturated rings. The van der Waals surface area contributed by atoms with Gasteiger partial charge in [0, 0.05) is 6.07 Å². The Labute approximate surface area is 123 Å². The third-order valence-corrected chi connectivity index (χ3v) is 2.94. The molecule has 8 heteroatoms. The molecule has 2 N–H and O–H groups in total. The standard InChI is InChI=1S/C14H11F3N2O3/c15-14(16,17)22-10-7-5-9(6-8-10)13(18)11-3-1-2-4-12(11)19(20)21/h1-8,13H,18H2/t13-/m1/s1.